The van der Waals surface area contributed by atoms with Gasteiger partial charge in [0.2, 0.25) is 0 Å². The van der Waals surface area contributed by atoms with Crippen LogP contribution >= 0.6 is 0 Å². The lowest BCUT2D eigenvalue weighted by atomic mass is 9.54. The van der Waals surface area contributed by atoms with Crippen molar-refractivity contribution in [3.63, 3.8) is 0 Å². The topological polar surface area (TPSA) is 20.2 Å². The molecule has 0 spiro atoms. The Morgan fingerprint density at radius 3 is 2.47 bits per heavy atom. The van der Waals surface area contributed by atoms with Gasteiger partial charge in [0.05, 0.1) is 0 Å². The molecule has 0 aromatic rings. The molecule has 0 heterocycles. The first kappa shape index (κ1) is 12.0. The largest absolute Gasteiger partial charge is 0.396 e. The van der Waals surface area contributed by atoms with E-state index in [-0.39, 0.29) is 0 Å². The summed E-state index contributed by atoms with van der Waals surface area (Å²) in [5.74, 6) is 5.27. The van der Waals surface area contributed by atoms with Gasteiger partial charge in [-0.1, -0.05) is 32.6 Å². The summed E-state index contributed by atoms with van der Waals surface area (Å²) in [6.07, 6.45) is 11.5. The minimum absolute atomic E-state index is 0.469. The Labute approximate surface area is 106 Å². The van der Waals surface area contributed by atoms with Crippen molar-refractivity contribution in [2.24, 2.45) is 35.5 Å². The fourth-order valence-electron chi connectivity index (χ4n) is 5.43. The Morgan fingerprint density at radius 1 is 0.882 bits per heavy atom. The van der Waals surface area contributed by atoms with E-state index in [1.807, 2.05) is 0 Å². The second kappa shape index (κ2) is 4.91. The van der Waals surface area contributed by atoms with Crippen molar-refractivity contribution in [1.29, 1.82) is 0 Å². The monoisotopic (exact) mass is 236 g/mol. The number of hydrogen-bond donors (Lipinski definition) is 1. The molecular formula is C16H28O. The standard InChI is InChI=1S/C16H28O/c1-11-6-7-15-13(8-11)9-12-4-2-3-5-14(12)16(15)10-17/h11-17H,2-10H2,1H3. The Bertz CT molecular complexity index is 262. The molecule has 6 unspecified atom stereocenters. The van der Waals surface area contributed by atoms with Crippen LogP contribution in [0.5, 0.6) is 0 Å². The fourth-order valence-corrected chi connectivity index (χ4v) is 5.43. The van der Waals surface area contributed by atoms with Gasteiger partial charge in [0, 0.05) is 6.61 Å². The van der Waals surface area contributed by atoms with Crippen LogP contribution in [0.2, 0.25) is 0 Å². The molecule has 0 amide bonds. The van der Waals surface area contributed by atoms with Gasteiger partial charge in [-0.2, -0.15) is 0 Å². The van der Waals surface area contributed by atoms with Crippen molar-refractivity contribution in [3.05, 3.63) is 0 Å². The zero-order valence-electron chi connectivity index (χ0n) is 11.3. The molecule has 3 aliphatic rings. The maximum atomic E-state index is 9.83. The highest BCUT2D eigenvalue weighted by Gasteiger charge is 2.46. The van der Waals surface area contributed by atoms with Crippen molar-refractivity contribution >= 4 is 0 Å². The molecule has 6 atom stereocenters. The van der Waals surface area contributed by atoms with Crippen LogP contribution in [0, 0.1) is 35.5 Å². The highest BCUT2D eigenvalue weighted by molar-refractivity contribution is 4.95. The molecule has 1 nitrogen and oxygen atoms in total. The lowest BCUT2D eigenvalue weighted by molar-refractivity contribution is -0.0446. The Balaban J connectivity index is 1.78. The third kappa shape index (κ3) is 2.16. The number of aliphatic hydroxyl groups excluding tert-OH is 1. The second-order valence-electron chi connectivity index (χ2n) is 7.13. The van der Waals surface area contributed by atoms with Crippen LogP contribution in [0.3, 0.4) is 0 Å². The van der Waals surface area contributed by atoms with E-state index in [9.17, 15) is 5.11 Å². The van der Waals surface area contributed by atoms with Crippen LogP contribution in [-0.4, -0.2) is 11.7 Å². The summed E-state index contributed by atoms with van der Waals surface area (Å²) in [5.41, 5.74) is 0. The lowest BCUT2D eigenvalue weighted by Crippen LogP contribution is -2.45. The van der Waals surface area contributed by atoms with E-state index in [1.165, 1.54) is 51.4 Å². The highest BCUT2D eigenvalue weighted by Crippen LogP contribution is 2.53. The van der Waals surface area contributed by atoms with Crippen molar-refractivity contribution in [2.45, 2.75) is 58.3 Å². The minimum atomic E-state index is 0.469. The summed E-state index contributed by atoms with van der Waals surface area (Å²) in [5, 5.41) is 9.83. The molecule has 0 bridgehead atoms. The van der Waals surface area contributed by atoms with Gasteiger partial charge in [-0.15, -0.1) is 0 Å². The van der Waals surface area contributed by atoms with E-state index >= 15 is 0 Å². The number of fused-ring (bicyclic) bond motifs is 2. The second-order valence-corrected chi connectivity index (χ2v) is 7.13. The number of aliphatic hydroxyl groups is 1. The van der Waals surface area contributed by atoms with Crippen LogP contribution in [0.4, 0.5) is 0 Å². The summed E-state index contributed by atoms with van der Waals surface area (Å²) in [7, 11) is 0. The molecule has 3 saturated carbocycles. The zero-order chi connectivity index (χ0) is 11.8. The molecule has 0 aliphatic heterocycles. The maximum Gasteiger partial charge on any atom is 0.0464 e. The van der Waals surface area contributed by atoms with E-state index < -0.39 is 0 Å². The van der Waals surface area contributed by atoms with E-state index in [0.29, 0.717) is 12.5 Å². The molecule has 3 rings (SSSR count). The van der Waals surface area contributed by atoms with Gasteiger partial charge < -0.3 is 5.11 Å². The summed E-state index contributed by atoms with van der Waals surface area (Å²) in [4.78, 5) is 0. The van der Waals surface area contributed by atoms with Gasteiger partial charge in [-0.3, -0.25) is 0 Å². The molecule has 0 saturated heterocycles. The van der Waals surface area contributed by atoms with E-state index in [4.69, 9.17) is 0 Å². The zero-order valence-corrected chi connectivity index (χ0v) is 11.3. The number of hydrogen-bond acceptors (Lipinski definition) is 1. The van der Waals surface area contributed by atoms with Crippen molar-refractivity contribution in [3.8, 4) is 0 Å². The predicted octanol–water partition coefficient (Wildman–Crippen LogP) is 3.86. The molecule has 1 N–H and O–H groups in total. The molecule has 98 valence electrons. The van der Waals surface area contributed by atoms with Crippen molar-refractivity contribution in [1.82, 2.24) is 0 Å². The van der Waals surface area contributed by atoms with Crippen LogP contribution in [0.15, 0.2) is 0 Å². The Morgan fingerprint density at radius 2 is 1.65 bits per heavy atom. The van der Waals surface area contributed by atoms with Crippen molar-refractivity contribution < 1.29 is 5.11 Å². The van der Waals surface area contributed by atoms with Crippen LogP contribution in [0.25, 0.3) is 0 Å². The summed E-state index contributed by atoms with van der Waals surface area (Å²) >= 11 is 0. The maximum absolute atomic E-state index is 9.83. The van der Waals surface area contributed by atoms with Gasteiger partial charge in [0.15, 0.2) is 0 Å². The first-order chi connectivity index (χ1) is 8.29. The Hall–Kier alpha value is -0.0400. The van der Waals surface area contributed by atoms with E-state index in [0.717, 1.165) is 29.6 Å². The van der Waals surface area contributed by atoms with Crippen LogP contribution in [0.1, 0.15) is 58.3 Å². The molecule has 0 aromatic carbocycles. The summed E-state index contributed by atoms with van der Waals surface area (Å²) in [6.45, 7) is 2.90. The Kier molecular flexibility index (Phi) is 3.47. The summed E-state index contributed by atoms with van der Waals surface area (Å²) < 4.78 is 0. The van der Waals surface area contributed by atoms with Gasteiger partial charge in [0.1, 0.15) is 0 Å². The molecular weight excluding hydrogens is 208 g/mol. The van der Waals surface area contributed by atoms with E-state index in [1.54, 1.807) is 0 Å². The fraction of sp³-hybridized carbons (Fsp3) is 1.00. The molecule has 1 heteroatoms. The molecule has 3 fully saturated rings. The minimum Gasteiger partial charge on any atom is -0.396 e. The normalized spacial score (nSPS) is 50.5. The van der Waals surface area contributed by atoms with Crippen LogP contribution in [-0.2, 0) is 0 Å². The van der Waals surface area contributed by atoms with Crippen molar-refractivity contribution in [2.75, 3.05) is 6.61 Å². The molecule has 0 aromatic heterocycles. The third-order valence-corrected chi connectivity index (χ3v) is 6.19. The van der Waals surface area contributed by atoms with Gasteiger partial charge in [0.25, 0.3) is 0 Å². The van der Waals surface area contributed by atoms with Crippen LogP contribution < -0.4 is 0 Å². The predicted molar refractivity (Wildman–Crippen MR) is 70.6 cm³/mol. The molecule has 0 radical (unpaired) electrons. The highest BCUT2D eigenvalue weighted by atomic mass is 16.3. The third-order valence-electron chi connectivity index (χ3n) is 6.19. The first-order valence-corrected chi connectivity index (χ1v) is 7.90. The molecule has 3 aliphatic carbocycles. The average Bonchev–Trinajstić information content (AvgIpc) is 2.35. The lowest BCUT2D eigenvalue weighted by Gasteiger charge is -2.52. The van der Waals surface area contributed by atoms with Gasteiger partial charge >= 0.3 is 0 Å². The van der Waals surface area contributed by atoms with Gasteiger partial charge in [-0.25, -0.2) is 0 Å². The summed E-state index contributed by atoms with van der Waals surface area (Å²) in [6, 6.07) is 0. The average molecular weight is 236 g/mol. The number of rotatable bonds is 1. The smallest absolute Gasteiger partial charge is 0.0464 e. The van der Waals surface area contributed by atoms with E-state index in [2.05, 4.69) is 6.92 Å². The quantitative estimate of drug-likeness (QED) is 0.733. The SMILES string of the molecule is CC1CCC2C(C1)CC1CCCCC1C2CO. The first-order valence-electron chi connectivity index (χ1n) is 7.90. The molecule has 17 heavy (non-hydrogen) atoms. The van der Waals surface area contributed by atoms with Gasteiger partial charge in [-0.05, 0) is 61.2 Å².